The van der Waals surface area contributed by atoms with E-state index >= 15 is 26.3 Å². The second-order valence-electron chi connectivity index (χ2n) is 12.4. The van der Waals surface area contributed by atoms with Gasteiger partial charge in [-0.3, -0.25) is 0 Å². The van der Waals surface area contributed by atoms with Crippen molar-refractivity contribution < 1.29 is 26.3 Å². The Morgan fingerprint density at radius 2 is 0.630 bits per heavy atom. The van der Waals surface area contributed by atoms with Gasteiger partial charge >= 0.3 is 0 Å². The lowest BCUT2D eigenvalue weighted by molar-refractivity contribution is 0.474. The molecule has 0 fully saturated rings. The van der Waals surface area contributed by atoms with Crippen LogP contribution in [0.4, 0.5) is 26.3 Å². The van der Waals surface area contributed by atoms with Crippen LogP contribution in [-0.4, -0.2) is 0 Å². The molecule has 0 saturated heterocycles. The molecule has 2 atom stereocenters. The van der Waals surface area contributed by atoms with E-state index in [-0.39, 0.29) is 10.8 Å². The Bertz CT molecular complexity index is 2630. The second-order valence-corrected chi connectivity index (χ2v) is 12.4. The zero-order valence-corrected chi connectivity index (χ0v) is 28.0. The van der Waals surface area contributed by atoms with E-state index in [4.69, 9.17) is 0 Å². The molecule has 0 heterocycles. The molecule has 256 valence electrons. The quantitative estimate of drug-likeness (QED) is 0.109. The van der Waals surface area contributed by atoms with Crippen LogP contribution < -0.4 is 0 Å². The summed E-state index contributed by atoms with van der Waals surface area (Å²) >= 11 is 0. The molecule has 0 nitrogen and oxygen atoms in total. The molecule has 0 radical (unpaired) electrons. The minimum absolute atomic E-state index is 0.387. The molecular formula is C48H22F6. The summed E-state index contributed by atoms with van der Waals surface area (Å²) < 4.78 is 101. The van der Waals surface area contributed by atoms with Crippen LogP contribution in [0.1, 0.15) is 56.3 Å². The average molecular weight is 713 g/mol. The highest BCUT2D eigenvalue weighted by atomic mass is 19.2. The smallest absolute Gasteiger partial charge is 0.168 e. The topological polar surface area (TPSA) is 0 Å². The summed E-state index contributed by atoms with van der Waals surface area (Å²) in [6, 6.07) is 33.7. The largest absolute Gasteiger partial charge is 0.209 e. The molecule has 2 unspecified atom stereocenters. The van der Waals surface area contributed by atoms with Crippen molar-refractivity contribution in [2.75, 3.05) is 0 Å². The van der Waals surface area contributed by atoms with Crippen molar-refractivity contribution in [1.82, 2.24) is 0 Å². The molecule has 0 saturated carbocycles. The first-order valence-electron chi connectivity index (χ1n) is 16.8. The van der Waals surface area contributed by atoms with Gasteiger partial charge in [0, 0.05) is 55.3 Å². The van der Waals surface area contributed by atoms with Crippen LogP contribution in [0.3, 0.4) is 0 Å². The summed E-state index contributed by atoms with van der Waals surface area (Å²) in [6.07, 6.45) is 0. The predicted molar refractivity (Wildman–Crippen MR) is 199 cm³/mol. The van der Waals surface area contributed by atoms with Gasteiger partial charge in [-0.25, -0.2) is 26.3 Å². The molecule has 6 aromatic rings. The van der Waals surface area contributed by atoms with Crippen LogP contribution in [0, 0.1) is 70.6 Å². The van der Waals surface area contributed by atoms with Crippen LogP contribution in [0.5, 0.6) is 0 Å². The number of hydrogen-bond acceptors (Lipinski definition) is 0. The molecule has 0 bridgehead atoms. The standard InChI is InChI=1S/C48H22F6/c49-43-33(25-21-29-13-5-1-6-14-29)37-41-38(34(43)26-22-30-15-7-2-8-16-30)47(53)48(54)40-36(28-24-32-19-11-4-12-20-32)44(50)35(27-23-31-17-9-3-10-18-31)39(42(40)41)46(52)45(37)51/h1-20,33,35H. The number of allylic oxidation sites excluding steroid dienone is 4. The maximum Gasteiger partial charge on any atom is 0.168 e. The van der Waals surface area contributed by atoms with E-state index in [1.807, 2.05) is 0 Å². The maximum absolute atomic E-state index is 16.9. The summed E-state index contributed by atoms with van der Waals surface area (Å²) in [4.78, 5) is 0. The molecule has 0 N–H and O–H groups in total. The molecule has 54 heavy (non-hydrogen) atoms. The molecular weight excluding hydrogens is 691 g/mol. The van der Waals surface area contributed by atoms with Crippen LogP contribution in [-0.2, 0) is 0 Å². The van der Waals surface area contributed by atoms with Gasteiger partial charge in [-0.2, -0.15) is 0 Å². The predicted octanol–water partition coefficient (Wildman–Crippen LogP) is 11.2. The van der Waals surface area contributed by atoms with E-state index in [0.29, 0.717) is 22.3 Å². The molecule has 0 spiro atoms. The zero-order chi connectivity index (χ0) is 37.3. The fourth-order valence-corrected chi connectivity index (χ4v) is 6.66. The van der Waals surface area contributed by atoms with Crippen molar-refractivity contribution in [2.24, 2.45) is 0 Å². The summed E-state index contributed by atoms with van der Waals surface area (Å²) in [7, 11) is 0. The van der Waals surface area contributed by atoms with E-state index in [9.17, 15) is 0 Å². The molecule has 2 aliphatic carbocycles. The van der Waals surface area contributed by atoms with Gasteiger partial charge in [0.2, 0.25) is 0 Å². The number of halogens is 6. The fourth-order valence-electron chi connectivity index (χ4n) is 6.66. The van der Waals surface area contributed by atoms with Crippen molar-refractivity contribution in [2.45, 2.75) is 11.8 Å². The molecule has 0 aliphatic heterocycles. The first kappa shape index (κ1) is 34.0. The molecule has 2 aliphatic rings. The molecule has 6 heteroatoms. The van der Waals surface area contributed by atoms with Crippen LogP contribution in [0.2, 0.25) is 0 Å². The van der Waals surface area contributed by atoms with Crippen molar-refractivity contribution >= 4 is 21.9 Å². The first-order chi connectivity index (χ1) is 26.3. The van der Waals surface area contributed by atoms with Gasteiger partial charge in [-0.15, -0.1) is 0 Å². The van der Waals surface area contributed by atoms with E-state index in [0.717, 1.165) is 0 Å². The van der Waals surface area contributed by atoms with E-state index in [1.54, 1.807) is 121 Å². The maximum atomic E-state index is 16.9. The van der Waals surface area contributed by atoms with Crippen molar-refractivity contribution in [3.8, 4) is 47.4 Å². The highest BCUT2D eigenvalue weighted by molar-refractivity contribution is 6.12. The summed E-state index contributed by atoms with van der Waals surface area (Å²) in [5.74, 6) is 9.40. The summed E-state index contributed by atoms with van der Waals surface area (Å²) in [5, 5.41) is -0.774. The van der Waals surface area contributed by atoms with Gasteiger partial charge in [0.15, 0.2) is 23.3 Å². The van der Waals surface area contributed by atoms with Crippen LogP contribution in [0.15, 0.2) is 133 Å². The van der Waals surface area contributed by atoms with Gasteiger partial charge in [0.05, 0.1) is 11.1 Å². The average Bonchev–Trinajstić information content (AvgIpc) is 3.21. The van der Waals surface area contributed by atoms with E-state index in [2.05, 4.69) is 47.4 Å². The highest BCUT2D eigenvalue weighted by Gasteiger charge is 2.43. The Morgan fingerprint density at radius 1 is 0.333 bits per heavy atom. The Morgan fingerprint density at radius 3 is 0.944 bits per heavy atom. The molecule has 0 amide bonds. The SMILES string of the molecule is FC1=C(C#Cc2ccccc2)c2c(F)c(F)c3c4c(c(F)c(F)c(c24)C1C#Cc1ccccc1)C(C#Cc1ccccc1)C(F)=C3C#Cc1ccccc1. The Kier molecular flexibility index (Phi) is 8.89. The van der Waals surface area contributed by atoms with Crippen molar-refractivity contribution in [1.29, 1.82) is 0 Å². The van der Waals surface area contributed by atoms with E-state index in [1.165, 1.54) is 0 Å². The van der Waals surface area contributed by atoms with Crippen molar-refractivity contribution in [3.63, 3.8) is 0 Å². The van der Waals surface area contributed by atoms with Crippen LogP contribution >= 0.6 is 0 Å². The first-order valence-corrected chi connectivity index (χ1v) is 16.8. The lowest BCUT2D eigenvalue weighted by Crippen LogP contribution is -2.20. The van der Waals surface area contributed by atoms with Crippen molar-refractivity contribution in [3.05, 3.63) is 201 Å². The number of rotatable bonds is 0. The number of benzene rings is 6. The van der Waals surface area contributed by atoms with Gasteiger partial charge in [-0.1, -0.05) is 120 Å². The number of hydrogen-bond donors (Lipinski definition) is 0. The second kappa shape index (κ2) is 14.1. The third-order valence-electron chi connectivity index (χ3n) is 9.13. The van der Waals surface area contributed by atoms with Crippen LogP contribution in [0.25, 0.3) is 21.9 Å². The van der Waals surface area contributed by atoms with Gasteiger partial charge in [-0.05, 0) is 48.5 Å². The minimum Gasteiger partial charge on any atom is -0.209 e. The van der Waals surface area contributed by atoms with E-state index < -0.39 is 80.2 Å². The molecule has 0 aromatic heterocycles. The Hall–Kier alpha value is -7.12. The summed E-state index contributed by atoms with van der Waals surface area (Å²) in [5.41, 5.74) is -2.26. The van der Waals surface area contributed by atoms with Gasteiger partial charge in [0.1, 0.15) is 23.5 Å². The van der Waals surface area contributed by atoms with Gasteiger partial charge < -0.3 is 0 Å². The lowest BCUT2D eigenvalue weighted by atomic mass is 9.73. The third kappa shape index (κ3) is 5.91. The molecule has 6 aromatic carbocycles. The zero-order valence-electron chi connectivity index (χ0n) is 28.0. The highest BCUT2D eigenvalue weighted by Crippen LogP contribution is 2.54. The fraction of sp³-hybridized carbons (Fsp3) is 0.0417. The monoisotopic (exact) mass is 712 g/mol. The summed E-state index contributed by atoms with van der Waals surface area (Å²) in [6.45, 7) is 0. The Balaban J connectivity index is 1.50. The normalized spacial score (nSPS) is 15.2. The van der Waals surface area contributed by atoms with Gasteiger partial charge in [0.25, 0.3) is 0 Å². The molecule has 8 rings (SSSR count). The Labute approximate surface area is 307 Å². The minimum atomic E-state index is -1.80. The lowest BCUT2D eigenvalue weighted by Gasteiger charge is -2.30. The third-order valence-corrected chi connectivity index (χ3v) is 9.13.